The minimum absolute atomic E-state index is 0. The number of aliphatic carboxylic acids is 1. The summed E-state index contributed by atoms with van der Waals surface area (Å²) in [6, 6.07) is 0. The van der Waals surface area contributed by atoms with Gasteiger partial charge in [0.1, 0.15) is 12.2 Å². The molecule has 3 aliphatic rings. The molecule has 4 unspecified atom stereocenters. The fourth-order valence-electron chi connectivity index (χ4n) is 4.71. The number of carboxylic acids is 1. The summed E-state index contributed by atoms with van der Waals surface area (Å²) in [5, 5.41) is 10.6. The van der Waals surface area contributed by atoms with Crippen LogP contribution in [0.5, 0.6) is 0 Å². The largest absolute Gasteiger partial charge is 1.00 e. The van der Waals surface area contributed by atoms with E-state index in [1.165, 1.54) is 5.57 Å². The van der Waals surface area contributed by atoms with Crippen molar-refractivity contribution in [1.29, 1.82) is 0 Å². The molecule has 0 spiro atoms. The molecule has 2 saturated heterocycles. The van der Waals surface area contributed by atoms with Crippen molar-refractivity contribution < 1.29 is 67.9 Å². The SMILES string of the molecule is COC1CC[C@@H](OC(=O)N2CCC(OCC(=O)[O-])C2)[C@@H](OC)C1C1O[C@@H]1CC=C(C)C.[Na+]. The van der Waals surface area contributed by atoms with E-state index >= 15 is 0 Å². The smallest absolute Gasteiger partial charge is 0.548 e. The van der Waals surface area contributed by atoms with Crippen molar-refractivity contribution in [1.82, 2.24) is 4.90 Å². The Kier molecular flexibility index (Phi) is 10.9. The van der Waals surface area contributed by atoms with Crippen molar-refractivity contribution in [3.63, 3.8) is 0 Å². The van der Waals surface area contributed by atoms with E-state index in [0.717, 1.165) is 12.8 Å². The second kappa shape index (κ2) is 12.7. The molecule has 176 valence electrons. The number of hydrogen-bond donors (Lipinski definition) is 0. The predicted molar refractivity (Wildman–Crippen MR) is 108 cm³/mol. The number of nitrogens with zero attached hydrogens (tertiary/aromatic N) is 1. The van der Waals surface area contributed by atoms with Gasteiger partial charge < -0.3 is 38.5 Å². The van der Waals surface area contributed by atoms with Gasteiger partial charge in [-0.05, 0) is 39.5 Å². The van der Waals surface area contributed by atoms with Gasteiger partial charge in [-0.1, -0.05) is 11.6 Å². The van der Waals surface area contributed by atoms with Crippen LogP contribution in [0.25, 0.3) is 0 Å². The van der Waals surface area contributed by atoms with Crippen LogP contribution in [-0.4, -0.2) is 87.5 Å². The normalized spacial score (nSPS) is 33.9. The molecule has 2 heterocycles. The van der Waals surface area contributed by atoms with Crippen molar-refractivity contribution >= 4 is 12.1 Å². The van der Waals surface area contributed by atoms with Gasteiger partial charge in [-0.15, -0.1) is 0 Å². The number of amides is 1. The van der Waals surface area contributed by atoms with Crippen LogP contribution >= 0.6 is 0 Å². The van der Waals surface area contributed by atoms with Crippen molar-refractivity contribution in [3.05, 3.63) is 11.6 Å². The van der Waals surface area contributed by atoms with Crippen LogP contribution in [0.3, 0.4) is 0 Å². The molecule has 0 bridgehead atoms. The maximum atomic E-state index is 12.7. The zero-order valence-electron chi connectivity index (χ0n) is 19.8. The minimum atomic E-state index is -1.27. The Morgan fingerprint density at radius 2 is 1.84 bits per heavy atom. The van der Waals surface area contributed by atoms with Gasteiger partial charge in [-0.25, -0.2) is 4.79 Å². The van der Waals surface area contributed by atoms with E-state index in [1.807, 2.05) is 0 Å². The summed E-state index contributed by atoms with van der Waals surface area (Å²) in [7, 11) is 3.32. The quantitative estimate of drug-likeness (QED) is 0.217. The number of rotatable bonds is 9. The third-order valence-electron chi connectivity index (χ3n) is 6.34. The molecule has 32 heavy (non-hydrogen) atoms. The molecular weight excluding hydrogens is 429 g/mol. The summed E-state index contributed by atoms with van der Waals surface area (Å²) in [6.45, 7) is 4.42. The number of hydrogen-bond acceptors (Lipinski definition) is 8. The molecule has 7 atom stereocenters. The van der Waals surface area contributed by atoms with Gasteiger partial charge in [0.25, 0.3) is 0 Å². The Morgan fingerprint density at radius 3 is 2.47 bits per heavy atom. The number of carboxylic acid groups (broad SMARTS) is 1. The first-order valence-corrected chi connectivity index (χ1v) is 11.0. The number of likely N-dealkylation sites (tertiary alicyclic amines) is 1. The zero-order chi connectivity index (χ0) is 22.5. The topological polar surface area (TPSA) is 110 Å². The standard InChI is InChI=1S/C22H35NO8.Na/c1-13(2)5-6-17-21(30-17)19-15(27-3)7-8-16(20(19)28-4)31-22(26)23-10-9-14(11-23)29-12-18(24)25;/h5,14-17,19-21H,6-12H2,1-4H3,(H,24,25);/q;+1/p-1/t14?,15?,16-,17-,19?,20-,21?;/m1./s1. The van der Waals surface area contributed by atoms with E-state index in [1.54, 1.807) is 19.1 Å². The molecule has 0 radical (unpaired) electrons. The summed E-state index contributed by atoms with van der Waals surface area (Å²) >= 11 is 0. The van der Waals surface area contributed by atoms with Crippen molar-refractivity contribution in [3.8, 4) is 0 Å². The Labute approximate surface area is 212 Å². The molecule has 0 aromatic rings. The van der Waals surface area contributed by atoms with Crippen molar-refractivity contribution in [2.45, 2.75) is 76.2 Å². The Bertz CT molecular complexity index is 670. The van der Waals surface area contributed by atoms with Crippen molar-refractivity contribution in [2.75, 3.05) is 33.9 Å². The summed E-state index contributed by atoms with van der Waals surface area (Å²) < 4.78 is 28.6. The van der Waals surface area contributed by atoms with E-state index < -0.39 is 24.8 Å². The summed E-state index contributed by atoms with van der Waals surface area (Å²) in [4.78, 5) is 24.9. The molecule has 10 heteroatoms. The first kappa shape index (κ1) is 27.6. The van der Waals surface area contributed by atoms with E-state index in [0.29, 0.717) is 25.9 Å². The molecule has 1 aliphatic carbocycles. The average Bonchev–Trinajstić information content (AvgIpc) is 3.34. The number of ether oxygens (including phenoxy) is 5. The Hall–Kier alpha value is -0.680. The number of carbonyl (C=O) groups excluding carboxylic acids is 2. The molecule has 3 rings (SSSR count). The molecule has 9 nitrogen and oxygen atoms in total. The summed E-state index contributed by atoms with van der Waals surface area (Å²) in [5.41, 5.74) is 1.25. The molecule has 0 N–H and O–H groups in total. The molecule has 0 aromatic carbocycles. The molecule has 2 aliphatic heterocycles. The molecule has 1 amide bonds. The van der Waals surface area contributed by atoms with Gasteiger partial charge in [-0.3, -0.25) is 0 Å². The van der Waals surface area contributed by atoms with Crippen LogP contribution in [0.4, 0.5) is 4.79 Å². The van der Waals surface area contributed by atoms with E-state index in [-0.39, 0.29) is 66.0 Å². The van der Waals surface area contributed by atoms with E-state index in [2.05, 4.69) is 19.9 Å². The molecule has 3 fully saturated rings. The summed E-state index contributed by atoms with van der Waals surface area (Å²) in [6.07, 6.45) is 3.63. The van der Waals surface area contributed by atoms with Gasteiger partial charge in [0.05, 0.1) is 43.5 Å². The third kappa shape index (κ3) is 7.16. The molecule has 1 saturated carbocycles. The third-order valence-corrected chi connectivity index (χ3v) is 6.34. The van der Waals surface area contributed by atoms with Crippen LogP contribution in [0.1, 0.15) is 39.5 Å². The summed E-state index contributed by atoms with van der Waals surface area (Å²) in [5.74, 6) is -1.29. The molecular formula is C22H34NNaO8. The monoisotopic (exact) mass is 463 g/mol. The zero-order valence-corrected chi connectivity index (χ0v) is 21.8. The number of carbonyl (C=O) groups is 2. The second-order valence-electron chi connectivity index (χ2n) is 8.75. The minimum Gasteiger partial charge on any atom is -0.548 e. The fourth-order valence-corrected chi connectivity index (χ4v) is 4.71. The van der Waals surface area contributed by atoms with Gasteiger partial charge in [0.2, 0.25) is 0 Å². The van der Waals surface area contributed by atoms with Gasteiger partial charge >= 0.3 is 35.7 Å². The number of methoxy groups -OCH3 is 2. The van der Waals surface area contributed by atoms with Gasteiger partial charge in [0, 0.05) is 26.7 Å². The first-order chi connectivity index (χ1) is 14.8. The predicted octanol–water partition coefficient (Wildman–Crippen LogP) is -2.10. The fraction of sp³-hybridized carbons (Fsp3) is 0.818. The van der Waals surface area contributed by atoms with Crippen LogP contribution in [0, 0.1) is 5.92 Å². The molecule has 0 aromatic heterocycles. The van der Waals surface area contributed by atoms with E-state index in [4.69, 9.17) is 23.7 Å². The van der Waals surface area contributed by atoms with Crippen LogP contribution in [0.2, 0.25) is 0 Å². The van der Waals surface area contributed by atoms with Crippen LogP contribution in [0.15, 0.2) is 11.6 Å². The van der Waals surface area contributed by atoms with Crippen LogP contribution < -0.4 is 34.7 Å². The number of epoxide rings is 1. The first-order valence-electron chi connectivity index (χ1n) is 11.0. The second-order valence-corrected chi connectivity index (χ2v) is 8.75. The maximum Gasteiger partial charge on any atom is 1.00 e. The average molecular weight is 464 g/mol. The van der Waals surface area contributed by atoms with Gasteiger partial charge in [0.15, 0.2) is 0 Å². The van der Waals surface area contributed by atoms with Gasteiger partial charge in [-0.2, -0.15) is 0 Å². The van der Waals surface area contributed by atoms with Crippen molar-refractivity contribution in [2.24, 2.45) is 5.92 Å². The Balaban J connectivity index is 0.00000363. The van der Waals surface area contributed by atoms with E-state index in [9.17, 15) is 14.7 Å². The maximum absolute atomic E-state index is 12.7. The van der Waals surface area contributed by atoms with Crippen LogP contribution in [-0.2, 0) is 28.5 Å². The number of allylic oxidation sites excluding steroid dienone is 1. The Morgan fingerprint density at radius 1 is 1.12 bits per heavy atom.